The predicted molar refractivity (Wildman–Crippen MR) is 179 cm³/mol. The lowest BCUT2D eigenvalue weighted by Crippen LogP contribution is -2.33. The van der Waals surface area contributed by atoms with Crippen molar-refractivity contribution in [2.75, 3.05) is 10.2 Å². The monoisotopic (exact) mass is 676 g/mol. The number of aryl methyl sites for hydroxylation is 1. The lowest BCUT2D eigenvalue weighted by atomic mass is 9.81. The molecular formula is C33H32N4O6S3. The first-order chi connectivity index (χ1) is 21.6. The normalized spacial score (nSPS) is 19.6. The molecule has 0 bridgehead atoms. The highest BCUT2D eigenvalue weighted by Gasteiger charge is 2.56. The number of amides is 3. The molecule has 2 aliphatic heterocycles. The molecule has 1 aromatic heterocycles. The van der Waals surface area contributed by atoms with Gasteiger partial charge in [0.25, 0.3) is 0 Å². The van der Waals surface area contributed by atoms with Crippen molar-refractivity contribution in [2.24, 2.45) is 11.1 Å². The molecule has 1 fully saturated rings. The second-order valence-corrected chi connectivity index (χ2v) is 16.2. The van der Waals surface area contributed by atoms with Gasteiger partial charge in [-0.2, -0.15) is 0 Å². The van der Waals surface area contributed by atoms with Gasteiger partial charge in [-0.1, -0.05) is 85.8 Å². The minimum Gasteiger partial charge on any atom is -0.325 e. The summed E-state index contributed by atoms with van der Waals surface area (Å²) in [6, 6.07) is 20.5. The molecule has 3 amide bonds. The fourth-order valence-corrected chi connectivity index (χ4v) is 9.11. The summed E-state index contributed by atoms with van der Waals surface area (Å²) in [5.41, 5.74) is 3.62. The molecule has 46 heavy (non-hydrogen) atoms. The van der Waals surface area contributed by atoms with Crippen molar-refractivity contribution in [3.05, 3.63) is 104 Å². The molecule has 3 N–H and O–H groups in total. The minimum atomic E-state index is -3.90. The number of thiazole rings is 1. The van der Waals surface area contributed by atoms with E-state index in [0.29, 0.717) is 21.3 Å². The number of nitrogens with one attached hydrogen (secondary N) is 1. The fraction of sp³-hybridized carbons (Fsp3) is 0.273. The Morgan fingerprint density at radius 3 is 2.13 bits per heavy atom. The first-order valence-electron chi connectivity index (χ1n) is 14.5. The van der Waals surface area contributed by atoms with E-state index < -0.39 is 33.0 Å². The number of thioether (sulfide) groups is 1. The first kappa shape index (κ1) is 31.9. The Morgan fingerprint density at radius 2 is 1.54 bits per heavy atom. The molecule has 13 heteroatoms. The van der Waals surface area contributed by atoms with E-state index in [2.05, 4.69) is 26.1 Å². The molecule has 4 aromatic rings. The number of fused-ring (bicyclic) bond motifs is 2. The van der Waals surface area contributed by atoms with Crippen LogP contribution in [0.5, 0.6) is 0 Å². The number of hydrogen-bond donors (Lipinski definition) is 2. The quantitative estimate of drug-likeness (QED) is 0.284. The van der Waals surface area contributed by atoms with Crippen LogP contribution in [0, 0.1) is 12.8 Å². The summed E-state index contributed by atoms with van der Waals surface area (Å²) in [7, 11) is -3.90. The number of sulfonamides is 1. The van der Waals surface area contributed by atoms with Gasteiger partial charge in [0.1, 0.15) is 11.8 Å². The summed E-state index contributed by atoms with van der Waals surface area (Å²) in [6.45, 7) is 7.91. The SMILES string of the molecule is Cc1ccc(N2C(=O)C3Sc4c(sc(=O)n4CC(=O)Nc4ccc(S(N)(=O)=O)cc4)[C@H](c4ccc(C(C)(C)C)cc4)C3C2=O)cc1. The predicted octanol–water partition coefficient (Wildman–Crippen LogP) is 4.60. The Kier molecular flexibility index (Phi) is 8.08. The Bertz CT molecular complexity index is 2030. The van der Waals surface area contributed by atoms with Crippen molar-refractivity contribution in [3.63, 3.8) is 0 Å². The molecule has 3 atom stereocenters. The maximum atomic E-state index is 14.1. The van der Waals surface area contributed by atoms with Crippen LogP contribution >= 0.6 is 23.1 Å². The molecule has 0 radical (unpaired) electrons. The van der Waals surface area contributed by atoms with Crippen LogP contribution in [0.15, 0.2) is 87.5 Å². The van der Waals surface area contributed by atoms with E-state index in [9.17, 15) is 27.6 Å². The number of benzene rings is 3. The zero-order valence-corrected chi connectivity index (χ0v) is 28.0. The molecule has 2 aliphatic rings. The maximum absolute atomic E-state index is 14.1. The zero-order chi connectivity index (χ0) is 33.1. The van der Waals surface area contributed by atoms with E-state index in [1.807, 2.05) is 43.3 Å². The molecule has 0 saturated carbocycles. The van der Waals surface area contributed by atoms with E-state index in [-0.39, 0.29) is 33.5 Å². The number of imide groups is 1. The van der Waals surface area contributed by atoms with Crippen molar-refractivity contribution < 1.29 is 22.8 Å². The van der Waals surface area contributed by atoms with Crippen molar-refractivity contribution in [2.45, 2.75) is 60.7 Å². The Balaban J connectivity index is 1.38. The summed E-state index contributed by atoms with van der Waals surface area (Å²) < 4.78 is 24.5. The molecule has 0 aliphatic carbocycles. The van der Waals surface area contributed by atoms with Gasteiger partial charge < -0.3 is 5.32 Å². The van der Waals surface area contributed by atoms with Crippen LogP contribution in [0.25, 0.3) is 0 Å². The third-order valence-corrected chi connectivity index (χ3v) is 11.8. The van der Waals surface area contributed by atoms with E-state index in [4.69, 9.17) is 5.14 Å². The fourth-order valence-electron chi connectivity index (χ4n) is 5.83. The van der Waals surface area contributed by atoms with Gasteiger partial charge in [-0.05, 0) is 59.9 Å². The highest BCUT2D eigenvalue weighted by Crippen LogP contribution is 2.54. The van der Waals surface area contributed by atoms with Crippen LogP contribution < -0.4 is 20.2 Å². The van der Waals surface area contributed by atoms with Gasteiger partial charge in [-0.3, -0.25) is 23.7 Å². The summed E-state index contributed by atoms with van der Waals surface area (Å²) in [4.78, 5) is 56.1. The van der Waals surface area contributed by atoms with E-state index >= 15 is 0 Å². The van der Waals surface area contributed by atoms with Gasteiger partial charge >= 0.3 is 4.87 Å². The zero-order valence-electron chi connectivity index (χ0n) is 25.5. The number of hydrogen-bond acceptors (Lipinski definition) is 8. The van der Waals surface area contributed by atoms with Crippen LogP contribution in [-0.4, -0.2) is 36.0 Å². The number of anilines is 2. The van der Waals surface area contributed by atoms with Gasteiger partial charge in [-0.15, -0.1) is 0 Å². The smallest absolute Gasteiger partial charge is 0.308 e. The van der Waals surface area contributed by atoms with Crippen molar-refractivity contribution in [3.8, 4) is 0 Å². The molecular weight excluding hydrogens is 645 g/mol. The van der Waals surface area contributed by atoms with Crippen LogP contribution in [0.2, 0.25) is 0 Å². The summed E-state index contributed by atoms with van der Waals surface area (Å²) in [5.74, 6) is -2.53. The molecule has 0 spiro atoms. The molecule has 1 saturated heterocycles. The van der Waals surface area contributed by atoms with Crippen LogP contribution in [0.3, 0.4) is 0 Å². The number of nitrogens with zero attached hydrogens (tertiary/aromatic N) is 2. The Labute approximate surface area is 274 Å². The van der Waals surface area contributed by atoms with Crippen LogP contribution in [0.1, 0.15) is 48.3 Å². The van der Waals surface area contributed by atoms with Crippen molar-refractivity contribution in [1.82, 2.24) is 4.57 Å². The third kappa shape index (κ3) is 5.83. The maximum Gasteiger partial charge on any atom is 0.308 e. The second-order valence-electron chi connectivity index (χ2n) is 12.5. The molecule has 2 unspecified atom stereocenters. The lowest BCUT2D eigenvalue weighted by Gasteiger charge is -2.31. The molecule has 10 nitrogen and oxygen atoms in total. The van der Waals surface area contributed by atoms with Gasteiger partial charge in [0.15, 0.2) is 0 Å². The number of rotatable bonds is 6. The minimum absolute atomic E-state index is 0.100. The second kappa shape index (κ2) is 11.6. The highest BCUT2D eigenvalue weighted by atomic mass is 32.2. The standard InChI is InChI=1S/C33H32N4O6S3/c1-18-5-13-22(14-6-18)37-29(39)26-25(19-7-9-20(10-8-19)33(2,3)4)28-31(44-27(26)30(37)40)36(32(41)45-28)17-24(38)35-21-11-15-23(16-12-21)46(34,42)43/h5-16,25-27H,17H2,1-4H3,(H,35,38)(H2,34,42,43)/t25-,26?,27?/m1/s1. The van der Waals surface area contributed by atoms with Crippen LogP contribution in [-0.2, 0) is 36.4 Å². The lowest BCUT2D eigenvalue weighted by molar-refractivity contribution is -0.122. The Hall–Kier alpha value is -4.04. The van der Waals surface area contributed by atoms with E-state index in [1.165, 1.54) is 33.7 Å². The molecule has 238 valence electrons. The van der Waals surface area contributed by atoms with E-state index in [1.54, 1.807) is 12.1 Å². The van der Waals surface area contributed by atoms with Crippen molar-refractivity contribution in [1.29, 1.82) is 0 Å². The van der Waals surface area contributed by atoms with Crippen LogP contribution in [0.4, 0.5) is 11.4 Å². The molecule has 3 aromatic carbocycles. The van der Waals surface area contributed by atoms with Gasteiger partial charge in [0.2, 0.25) is 27.7 Å². The number of carbonyl (C=O) groups excluding carboxylic acids is 3. The first-order valence-corrected chi connectivity index (χ1v) is 17.8. The van der Waals surface area contributed by atoms with Crippen molar-refractivity contribution >= 4 is 62.2 Å². The molecule has 6 rings (SSSR count). The summed E-state index contributed by atoms with van der Waals surface area (Å²) >= 11 is 2.13. The highest BCUT2D eigenvalue weighted by molar-refractivity contribution is 8.00. The number of carbonyl (C=O) groups is 3. The van der Waals surface area contributed by atoms with E-state index in [0.717, 1.165) is 39.8 Å². The molecule has 3 heterocycles. The average molecular weight is 677 g/mol. The topological polar surface area (TPSA) is 149 Å². The van der Waals surface area contributed by atoms with Gasteiger partial charge in [0, 0.05) is 16.5 Å². The Morgan fingerprint density at radius 1 is 0.913 bits per heavy atom. The number of primary sulfonamides is 1. The third-order valence-electron chi connectivity index (χ3n) is 8.25. The summed E-state index contributed by atoms with van der Waals surface area (Å²) in [6.07, 6.45) is 0. The number of aromatic nitrogens is 1. The average Bonchev–Trinajstić information content (AvgIpc) is 3.43. The largest absolute Gasteiger partial charge is 0.325 e. The summed E-state index contributed by atoms with van der Waals surface area (Å²) in [5, 5.41) is 7.52. The van der Waals surface area contributed by atoms with Gasteiger partial charge in [-0.25, -0.2) is 18.5 Å². The number of nitrogens with two attached hydrogens (primary N) is 1. The van der Waals surface area contributed by atoms with Gasteiger partial charge in [0.05, 0.1) is 21.5 Å².